The van der Waals surface area contributed by atoms with Crippen LogP contribution in [-0.2, 0) is 0 Å². The minimum Gasteiger partial charge on any atom is -0.348 e. The predicted molar refractivity (Wildman–Crippen MR) is 49.4 cm³/mol. The summed E-state index contributed by atoms with van der Waals surface area (Å²) in [4.78, 5) is 0. The summed E-state index contributed by atoms with van der Waals surface area (Å²) in [5.74, 6) is 0.904. The molecule has 0 aromatic heterocycles. The van der Waals surface area contributed by atoms with Gasteiger partial charge in [0.25, 0.3) is 0 Å². The molecule has 1 unspecified atom stereocenters. The Morgan fingerprint density at radius 2 is 2.38 bits per heavy atom. The Balaban J connectivity index is 2.29. The Morgan fingerprint density at radius 3 is 3.08 bits per heavy atom. The van der Waals surface area contributed by atoms with E-state index in [9.17, 15) is 0 Å². The van der Waals surface area contributed by atoms with Gasteiger partial charge in [-0.1, -0.05) is 24.4 Å². The molecule has 2 aliphatic rings. The van der Waals surface area contributed by atoms with E-state index in [0.717, 1.165) is 0 Å². The van der Waals surface area contributed by atoms with Crippen LogP contribution >= 0.6 is 0 Å². The maximum Gasteiger partial charge on any atom is 0.339 e. The number of nitrogens with one attached hydrogen (secondary N) is 2. The van der Waals surface area contributed by atoms with E-state index in [0.29, 0.717) is 11.8 Å². The highest BCUT2D eigenvalue weighted by atomic mass is 15.4. The molecule has 0 aromatic rings. The Hall–Kier alpha value is -1.45. The number of hydrogen-bond acceptors (Lipinski definition) is 3. The maximum absolute atomic E-state index is 7.62. The molecular formula is C9H13N4+. The molecule has 68 valence electrons. The van der Waals surface area contributed by atoms with Crippen molar-refractivity contribution in [3.8, 4) is 0 Å². The van der Waals surface area contributed by atoms with Gasteiger partial charge in [-0.25, -0.2) is 0 Å². The van der Waals surface area contributed by atoms with Gasteiger partial charge in [0.2, 0.25) is 6.17 Å². The van der Waals surface area contributed by atoms with E-state index in [1.165, 1.54) is 5.57 Å². The number of amidine groups is 1. The van der Waals surface area contributed by atoms with Gasteiger partial charge in [0.05, 0.1) is 6.20 Å². The third-order valence-corrected chi connectivity index (χ3v) is 2.30. The lowest BCUT2D eigenvalue weighted by molar-refractivity contribution is -0.510. The van der Waals surface area contributed by atoms with Crippen molar-refractivity contribution in [1.29, 1.82) is 5.41 Å². The van der Waals surface area contributed by atoms with E-state index in [1.54, 1.807) is 17.0 Å². The van der Waals surface area contributed by atoms with E-state index in [4.69, 9.17) is 5.41 Å². The van der Waals surface area contributed by atoms with E-state index >= 15 is 0 Å². The highest BCUT2D eigenvalue weighted by Crippen LogP contribution is 2.22. The molecular weight excluding hydrogens is 164 g/mol. The minimum absolute atomic E-state index is 0.0671. The SMILES string of the molecule is CC(C)C1=CN=[N+]2C(=N)C=CNC12. The fourth-order valence-electron chi connectivity index (χ4n) is 1.53. The van der Waals surface area contributed by atoms with Crippen LogP contribution in [0, 0.1) is 11.3 Å². The second kappa shape index (κ2) is 2.80. The van der Waals surface area contributed by atoms with Crippen molar-refractivity contribution >= 4 is 5.84 Å². The first kappa shape index (κ1) is 8.16. The third kappa shape index (κ3) is 1.18. The second-order valence-electron chi connectivity index (χ2n) is 3.53. The van der Waals surface area contributed by atoms with Gasteiger partial charge >= 0.3 is 5.84 Å². The molecule has 2 rings (SSSR count). The number of fused-ring (bicyclic) bond motifs is 1. The first-order valence-corrected chi connectivity index (χ1v) is 4.41. The Labute approximate surface area is 77.2 Å². The highest BCUT2D eigenvalue weighted by Gasteiger charge is 2.34. The molecule has 0 spiro atoms. The van der Waals surface area contributed by atoms with Crippen LogP contribution in [0.15, 0.2) is 29.2 Å². The van der Waals surface area contributed by atoms with Gasteiger partial charge in [-0.2, -0.15) is 0 Å². The number of hydrogen-bond donors (Lipinski definition) is 2. The molecule has 1 atom stereocenters. The van der Waals surface area contributed by atoms with E-state index < -0.39 is 0 Å². The largest absolute Gasteiger partial charge is 0.348 e. The lowest BCUT2D eigenvalue weighted by Gasteiger charge is -2.19. The van der Waals surface area contributed by atoms with Crippen molar-refractivity contribution in [2.45, 2.75) is 20.0 Å². The zero-order chi connectivity index (χ0) is 9.42. The molecule has 2 aliphatic heterocycles. The van der Waals surface area contributed by atoms with Crippen molar-refractivity contribution in [2.75, 3.05) is 0 Å². The quantitative estimate of drug-likeness (QED) is 0.585. The average Bonchev–Trinajstić information content (AvgIpc) is 2.48. The van der Waals surface area contributed by atoms with Gasteiger partial charge in [-0.05, 0) is 5.92 Å². The van der Waals surface area contributed by atoms with Gasteiger partial charge in [0.15, 0.2) is 0 Å². The molecule has 2 heterocycles. The summed E-state index contributed by atoms with van der Waals surface area (Å²) in [6, 6.07) is 0. The van der Waals surface area contributed by atoms with Crippen molar-refractivity contribution in [1.82, 2.24) is 5.32 Å². The zero-order valence-electron chi connectivity index (χ0n) is 7.78. The van der Waals surface area contributed by atoms with Gasteiger partial charge in [-0.15, -0.1) is 4.70 Å². The standard InChI is InChI=1S/C9H13N4/c1-6(2)7-5-12-13-8(10)3-4-11-9(7)13/h3-6,9-11H,1-2H3/q+1. The van der Waals surface area contributed by atoms with Gasteiger partial charge in [0.1, 0.15) is 0 Å². The fraction of sp³-hybridized carbons (Fsp3) is 0.444. The Bertz CT molecular complexity index is 336. The molecule has 0 saturated carbocycles. The molecule has 0 radical (unpaired) electrons. The van der Waals surface area contributed by atoms with E-state index in [1.807, 2.05) is 6.20 Å². The van der Waals surface area contributed by atoms with Gasteiger partial charge in [0, 0.05) is 17.8 Å². The molecule has 0 bridgehead atoms. The summed E-state index contributed by atoms with van der Waals surface area (Å²) in [6.07, 6.45) is 5.43. The summed E-state index contributed by atoms with van der Waals surface area (Å²) in [6.45, 7) is 4.27. The summed E-state index contributed by atoms with van der Waals surface area (Å²) < 4.78 is 1.69. The summed E-state index contributed by atoms with van der Waals surface area (Å²) in [5.41, 5.74) is 1.23. The summed E-state index contributed by atoms with van der Waals surface area (Å²) in [5, 5.41) is 15.0. The van der Waals surface area contributed by atoms with Gasteiger partial charge in [-0.3, -0.25) is 0 Å². The third-order valence-electron chi connectivity index (χ3n) is 2.30. The summed E-state index contributed by atoms with van der Waals surface area (Å²) in [7, 11) is 0. The number of rotatable bonds is 1. The van der Waals surface area contributed by atoms with Crippen LogP contribution in [0.2, 0.25) is 0 Å². The smallest absolute Gasteiger partial charge is 0.339 e. The maximum atomic E-state index is 7.62. The van der Waals surface area contributed by atoms with Crippen molar-refractivity contribution in [3.63, 3.8) is 0 Å². The zero-order valence-corrected chi connectivity index (χ0v) is 7.78. The molecule has 0 fully saturated rings. The Morgan fingerprint density at radius 1 is 1.62 bits per heavy atom. The van der Waals surface area contributed by atoms with E-state index in [2.05, 4.69) is 24.3 Å². The molecule has 2 N–H and O–H groups in total. The molecule has 0 saturated heterocycles. The summed E-state index contributed by atoms with van der Waals surface area (Å²) >= 11 is 0. The van der Waals surface area contributed by atoms with Crippen molar-refractivity contribution in [2.24, 2.45) is 11.0 Å². The lowest BCUT2D eigenvalue weighted by atomic mass is 10.0. The van der Waals surface area contributed by atoms with Crippen LogP contribution in [0.1, 0.15) is 13.8 Å². The van der Waals surface area contributed by atoms with Crippen LogP contribution in [0.5, 0.6) is 0 Å². The molecule has 4 heteroatoms. The predicted octanol–water partition coefficient (Wildman–Crippen LogP) is 1.42. The van der Waals surface area contributed by atoms with Crippen molar-refractivity contribution < 1.29 is 4.70 Å². The molecule has 4 nitrogen and oxygen atoms in total. The highest BCUT2D eigenvalue weighted by molar-refractivity contribution is 5.83. The van der Waals surface area contributed by atoms with Crippen LogP contribution in [0.3, 0.4) is 0 Å². The molecule has 0 aliphatic carbocycles. The first-order valence-electron chi connectivity index (χ1n) is 4.41. The topological polar surface area (TPSA) is 51.2 Å². The second-order valence-corrected chi connectivity index (χ2v) is 3.53. The average molecular weight is 177 g/mol. The first-order chi connectivity index (χ1) is 6.20. The van der Waals surface area contributed by atoms with Crippen LogP contribution in [0.4, 0.5) is 0 Å². The lowest BCUT2D eigenvalue weighted by Crippen LogP contribution is -2.42. The number of azo groups is 2. The normalized spacial score (nSPS) is 25.5. The fourth-order valence-corrected chi connectivity index (χ4v) is 1.53. The van der Waals surface area contributed by atoms with Crippen molar-refractivity contribution in [3.05, 3.63) is 24.0 Å². The monoisotopic (exact) mass is 177 g/mol. The van der Waals surface area contributed by atoms with E-state index in [-0.39, 0.29) is 6.17 Å². The van der Waals surface area contributed by atoms with Crippen LogP contribution in [-0.4, -0.2) is 16.7 Å². The molecule has 13 heavy (non-hydrogen) atoms. The minimum atomic E-state index is 0.0671. The molecule has 0 amide bonds. The van der Waals surface area contributed by atoms with Crippen LogP contribution < -0.4 is 5.32 Å². The van der Waals surface area contributed by atoms with Crippen LogP contribution in [0.25, 0.3) is 0 Å². The molecule has 0 aromatic carbocycles. The number of nitrogens with zero attached hydrogens (tertiary/aromatic N) is 2. The Kier molecular flexibility index (Phi) is 1.76. The van der Waals surface area contributed by atoms with Gasteiger partial charge < -0.3 is 5.32 Å².